The van der Waals surface area contributed by atoms with Crippen LogP contribution in [0.4, 0.5) is 5.69 Å². The molecule has 3 aromatic rings. The van der Waals surface area contributed by atoms with E-state index in [1.807, 2.05) is 41.1 Å². The number of aromatic nitrogens is 3. The van der Waals surface area contributed by atoms with Crippen molar-refractivity contribution in [3.63, 3.8) is 0 Å². The van der Waals surface area contributed by atoms with Gasteiger partial charge in [0.2, 0.25) is 5.91 Å². The zero-order chi connectivity index (χ0) is 20.2. The van der Waals surface area contributed by atoms with Crippen molar-refractivity contribution in [1.82, 2.24) is 15.0 Å². The number of rotatable bonds is 5. The highest BCUT2D eigenvalue weighted by atomic mass is 16.2. The van der Waals surface area contributed by atoms with E-state index in [0.29, 0.717) is 6.54 Å². The van der Waals surface area contributed by atoms with Gasteiger partial charge in [-0.05, 0) is 18.1 Å². The summed E-state index contributed by atoms with van der Waals surface area (Å²) in [6, 6.07) is 16.1. The first-order valence-corrected chi connectivity index (χ1v) is 9.95. The molecular weight excluding hydrogens is 348 g/mol. The van der Waals surface area contributed by atoms with Gasteiger partial charge in [-0.3, -0.25) is 4.79 Å². The normalized spacial score (nSPS) is 13.0. The minimum Gasteiger partial charge on any atom is -0.307 e. The van der Waals surface area contributed by atoms with Gasteiger partial charge >= 0.3 is 0 Å². The van der Waals surface area contributed by atoms with Crippen LogP contribution in [0.3, 0.4) is 0 Å². The van der Waals surface area contributed by atoms with Crippen LogP contribution in [0, 0.1) is 0 Å². The third kappa shape index (κ3) is 3.21. The molecule has 2 heterocycles. The molecule has 1 aliphatic rings. The van der Waals surface area contributed by atoms with Crippen molar-refractivity contribution < 1.29 is 6.17 Å². The van der Waals surface area contributed by atoms with Gasteiger partial charge in [0, 0.05) is 25.5 Å². The lowest BCUT2D eigenvalue weighted by molar-refractivity contribution is -0.118. The molecule has 28 heavy (non-hydrogen) atoms. The van der Waals surface area contributed by atoms with Crippen molar-refractivity contribution in [1.29, 1.82) is 0 Å². The zero-order valence-electron chi connectivity index (χ0n) is 17.3. The monoisotopic (exact) mass is 376 g/mol. The number of anilines is 1. The molecule has 0 saturated heterocycles. The summed E-state index contributed by atoms with van der Waals surface area (Å²) < 4.78 is 9.52. The predicted molar refractivity (Wildman–Crippen MR) is 112 cm³/mol. The summed E-state index contributed by atoms with van der Waals surface area (Å²) in [4.78, 5) is 14.7. The number of amides is 1. The quantitative estimate of drug-likeness (QED) is 0.585. The van der Waals surface area contributed by atoms with E-state index < -0.39 is 0 Å². The number of unbranched alkanes of at least 4 members (excludes halogenated alkanes) is 2. The highest BCUT2D eigenvalue weighted by molar-refractivity contribution is 6.00. The summed E-state index contributed by atoms with van der Waals surface area (Å²) >= 11 is 0. The second-order valence-corrected chi connectivity index (χ2v) is 7.12. The lowest BCUT2D eigenvalue weighted by atomic mass is 9.95. The second kappa shape index (κ2) is 7.97. The summed E-state index contributed by atoms with van der Waals surface area (Å²) in [5.74, 6) is -0.0407. The van der Waals surface area contributed by atoms with Crippen LogP contribution in [-0.2, 0) is 17.9 Å². The predicted octanol–water partition coefficient (Wildman–Crippen LogP) is 5.06. The van der Waals surface area contributed by atoms with Gasteiger partial charge < -0.3 is 4.90 Å². The lowest BCUT2D eigenvalue weighted by Gasteiger charge is -2.28. The van der Waals surface area contributed by atoms with Crippen LogP contribution in [-0.4, -0.2) is 20.9 Å². The average molecular weight is 376 g/mol. The molecule has 1 amide bonds. The molecule has 1 aromatic heterocycles. The van der Waals surface area contributed by atoms with Gasteiger partial charge in [0.25, 0.3) is 0 Å². The van der Waals surface area contributed by atoms with Crippen molar-refractivity contribution in [3.8, 4) is 22.5 Å². The molecule has 0 fully saturated rings. The topological polar surface area (TPSA) is 51.0 Å². The SMILES string of the molecule is [3H]CCC(=O)N1Cc2ccccc2-c2c(nnn2CCCCC)-c2ccccc21. The van der Waals surface area contributed by atoms with E-state index in [1.54, 1.807) is 4.90 Å². The molecule has 5 nitrogen and oxygen atoms in total. The number of carbonyl (C=O) groups excluding carboxylic acids is 1. The van der Waals surface area contributed by atoms with E-state index >= 15 is 0 Å². The Morgan fingerprint density at radius 3 is 2.71 bits per heavy atom. The van der Waals surface area contributed by atoms with Gasteiger partial charge in [-0.25, -0.2) is 4.68 Å². The van der Waals surface area contributed by atoms with Crippen molar-refractivity contribution in [3.05, 3.63) is 54.1 Å². The summed E-state index contributed by atoms with van der Waals surface area (Å²) in [7, 11) is 0. The molecule has 0 spiro atoms. The van der Waals surface area contributed by atoms with Crippen molar-refractivity contribution in [2.45, 2.75) is 52.6 Å². The fourth-order valence-electron chi connectivity index (χ4n) is 3.84. The Morgan fingerprint density at radius 2 is 1.89 bits per heavy atom. The van der Waals surface area contributed by atoms with E-state index in [-0.39, 0.29) is 19.2 Å². The van der Waals surface area contributed by atoms with Gasteiger partial charge in [0.1, 0.15) is 5.69 Å². The average Bonchev–Trinajstić information content (AvgIpc) is 3.14. The van der Waals surface area contributed by atoms with Crippen LogP contribution in [0.15, 0.2) is 48.5 Å². The Bertz CT molecular complexity index is 1010. The first kappa shape index (κ1) is 17.2. The minimum atomic E-state index is -0.0407. The molecule has 144 valence electrons. The molecule has 4 rings (SSSR count). The first-order chi connectivity index (χ1) is 14.2. The van der Waals surface area contributed by atoms with E-state index in [1.165, 1.54) is 0 Å². The Labute approximate surface area is 167 Å². The molecular formula is C23H26N4O. The number of carbonyl (C=O) groups is 1. The summed E-state index contributed by atoms with van der Waals surface area (Å²) in [5, 5.41) is 9.05. The van der Waals surface area contributed by atoms with E-state index in [2.05, 4.69) is 29.4 Å². The highest BCUT2D eigenvalue weighted by Crippen LogP contribution is 2.41. The fraction of sp³-hybridized carbons (Fsp3) is 0.348. The van der Waals surface area contributed by atoms with Crippen LogP contribution < -0.4 is 4.90 Å². The first-order valence-electron chi connectivity index (χ1n) is 10.7. The molecule has 0 atom stereocenters. The lowest BCUT2D eigenvalue weighted by Crippen LogP contribution is -2.31. The van der Waals surface area contributed by atoms with Crippen molar-refractivity contribution in [2.75, 3.05) is 4.90 Å². The van der Waals surface area contributed by atoms with Crippen molar-refractivity contribution in [2.24, 2.45) is 0 Å². The minimum absolute atomic E-state index is 0.0407. The maximum absolute atomic E-state index is 12.9. The maximum Gasteiger partial charge on any atom is 0.227 e. The Balaban J connectivity index is 1.91. The summed E-state index contributed by atoms with van der Waals surface area (Å²) in [6.45, 7) is 3.58. The van der Waals surface area contributed by atoms with Crippen LogP contribution in [0.1, 0.15) is 46.4 Å². The van der Waals surface area contributed by atoms with Crippen LogP contribution in [0.5, 0.6) is 0 Å². The van der Waals surface area contributed by atoms with Crippen LogP contribution in [0.2, 0.25) is 0 Å². The molecule has 0 radical (unpaired) electrons. The van der Waals surface area contributed by atoms with Gasteiger partial charge in [-0.2, -0.15) is 0 Å². The number of hydrogen-bond acceptors (Lipinski definition) is 3. The number of para-hydroxylation sites is 1. The molecule has 0 aliphatic carbocycles. The molecule has 0 N–H and O–H groups in total. The molecule has 0 saturated carbocycles. The van der Waals surface area contributed by atoms with Gasteiger partial charge in [0.15, 0.2) is 0 Å². The standard InChI is InChI=1S/C23H26N4O/c1-3-5-10-15-27-23-18-12-7-6-11-17(18)16-26(21(28)4-2)20-14-9-8-13-19(20)22(23)24-25-27/h6-9,11-14H,3-5,10,15-16H2,1-2H3/i2T. The van der Waals surface area contributed by atoms with E-state index in [4.69, 9.17) is 1.37 Å². The Morgan fingerprint density at radius 1 is 1.11 bits per heavy atom. The number of aryl methyl sites for hydroxylation is 1. The highest BCUT2D eigenvalue weighted by Gasteiger charge is 2.28. The van der Waals surface area contributed by atoms with Crippen molar-refractivity contribution >= 4 is 11.6 Å². The summed E-state index contributed by atoms with van der Waals surface area (Å²) in [5.41, 5.74) is 5.73. The zero-order valence-corrected chi connectivity index (χ0v) is 16.3. The van der Waals surface area contributed by atoms with E-state index in [9.17, 15) is 4.79 Å². The number of benzene rings is 2. The molecule has 2 aromatic carbocycles. The Kier molecular flexibility index (Phi) is 4.88. The summed E-state index contributed by atoms with van der Waals surface area (Å²) in [6.07, 6.45) is 3.57. The van der Waals surface area contributed by atoms with Crippen LogP contribution in [0.25, 0.3) is 22.5 Å². The molecule has 0 unspecified atom stereocenters. The van der Waals surface area contributed by atoms with Gasteiger partial charge in [-0.1, -0.05) is 74.3 Å². The molecule has 5 heteroatoms. The number of fused-ring (bicyclic) bond motifs is 5. The third-order valence-electron chi connectivity index (χ3n) is 5.27. The van der Waals surface area contributed by atoms with Crippen LogP contribution >= 0.6 is 0 Å². The molecule has 1 aliphatic heterocycles. The smallest absolute Gasteiger partial charge is 0.227 e. The fourth-order valence-corrected chi connectivity index (χ4v) is 3.84. The second-order valence-electron chi connectivity index (χ2n) is 7.12. The Hall–Kier alpha value is -2.95. The largest absolute Gasteiger partial charge is 0.307 e. The van der Waals surface area contributed by atoms with Gasteiger partial charge in [0.05, 0.1) is 17.9 Å². The number of hydrogen-bond donors (Lipinski definition) is 0. The third-order valence-corrected chi connectivity index (χ3v) is 5.27. The van der Waals surface area contributed by atoms with Gasteiger partial charge in [-0.15, -0.1) is 5.10 Å². The molecule has 0 bridgehead atoms. The number of nitrogens with zero attached hydrogens (tertiary/aromatic N) is 4. The van der Waals surface area contributed by atoms with E-state index in [0.717, 1.165) is 59.6 Å². The maximum atomic E-state index is 12.9.